The smallest absolute Gasteiger partial charge is 0.228 e. The van der Waals surface area contributed by atoms with E-state index in [1.54, 1.807) is 25.3 Å². The normalized spacial score (nSPS) is 20.6. The Kier molecular flexibility index (Phi) is 4.72. The summed E-state index contributed by atoms with van der Waals surface area (Å²) in [6.07, 6.45) is 1.11. The molecule has 1 heterocycles. The number of sulfone groups is 1. The van der Waals surface area contributed by atoms with Gasteiger partial charge in [0.25, 0.3) is 0 Å². The van der Waals surface area contributed by atoms with E-state index in [9.17, 15) is 13.2 Å². The number of anilines is 1. The summed E-state index contributed by atoms with van der Waals surface area (Å²) in [5, 5.41) is 2.74. The van der Waals surface area contributed by atoms with Gasteiger partial charge in [-0.15, -0.1) is 0 Å². The molecule has 1 unspecified atom stereocenters. The molecular formula is C14H19NO5S. The van der Waals surface area contributed by atoms with Gasteiger partial charge in [0, 0.05) is 6.07 Å². The van der Waals surface area contributed by atoms with E-state index < -0.39 is 15.8 Å². The summed E-state index contributed by atoms with van der Waals surface area (Å²) in [6.45, 7) is 0. The Labute approximate surface area is 124 Å². The molecule has 6 nitrogen and oxygen atoms in total. The fourth-order valence-corrected chi connectivity index (χ4v) is 4.07. The molecule has 0 aliphatic carbocycles. The lowest BCUT2D eigenvalue weighted by atomic mass is 10.0. The van der Waals surface area contributed by atoms with E-state index >= 15 is 0 Å². The van der Waals surface area contributed by atoms with Crippen molar-refractivity contribution in [3.05, 3.63) is 18.2 Å². The van der Waals surface area contributed by atoms with Crippen molar-refractivity contribution < 1.29 is 22.7 Å². The lowest BCUT2D eigenvalue weighted by Crippen LogP contribution is -2.34. The largest absolute Gasteiger partial charge is 0.497 e. The zero-order valence-electron chi connectivity index (χ0n) is 12.1. The molecule has 0 aromatic heterocycles. The molecule has 1 saturated heterocycles. The minimum Gasteiger partial charge on any atom is -0.497 e. The van der Waals surface area contributed by atoms with Crippen molar-refractivity contribution in [2.45, 2.75) is 12.8 Å². The minimum atomic E-state index is -3.11. The summed E-state index contributed by atoms with van der Waals surface area (Å²) >= 11 is 0. The Morgan fingerprint density at radius 2 is 2.05 bits per heavy atom. The summed E-state index contributed by atoms with van der Waals surface area (Å²) in [6, 6.07) is 5.04. The van der Waals surface area contributed by atoms with Gasteiger partial charge in [-0.1, -0.05) is 0 Å². The van der Waals surface area contributed by atoms with Crippen molar-refractivity contribution in [2.75, 3.05) is 31.0 Å². The highest BCUT2D eigenvalue weighted by Gasteiger charge is 2.30. The molecule has 1 amide bonds. The number of nitrogens with one attached hydrogen (secondary N) is 1. The molecule has 21 heavy (non-hydrogen) atoms. The molecule has 1 aromatic rings. The molecule has 116 valence electrons. The van der Waals surface area contributed by atoms with Crippen molar-refractivity contribution in [1.82, 2.24) is 0 Å². The molecule has 2 rings (SSSR count). The van der Waals surface area contributed by atoms with E-state index in [0.717, 1.165) is 0 Å². The summed E-state index contributed by atoms with van der Waals surface area (Å²) < 4.78 is 33.5. The first-order valence-corrected chi connectivity index (χ1v) is 8.50. The maximum atomic E-state index is 12.2. The number of ether oxygens (including phenoxy) is 2. The summed E-state index contributed by atoms with van der Waals surface area (Å²) in [5.74, 6) is 0.378. The fraction of sp³-hybridized carbons (Fsp3) is 0.500. The Balaban J connectivity index is 2.12. The third-order valence-corrected chi connectivity index (χ3v) is 5.32. The van der Waals surface area contributed by atoms with Crippen LogP contribution in [0.15, 0.2) is 18.2 Å². The highest BCUT2D eigenvalue weighted by atomic mass is 32.2. The number of hydrogen-bond donors (Lipinski definition) is 1. The Hall–Kier alpha value is -1.76. The second-order valence-corrected chi connectivity index (χ2v) is 7.24. The summed E-state index contributed by atoms with van der Waals surface area (Å²) in [7, 11) is -0.0705. The second kappa shape index (κ2) is 6.34. The van der Waals surface area contributed by atoms with Crippen LogP contribution < -0.4 is 14.8 Å². The van der Waals surface area contributed by atoms with Gasteiger partial charge < -0.3 is 14.8 Å². The Morgan fingerprint density at radius 3 is 2.67 bits per heavy atom. The number of amides is 1. The lowest BCUT2D eigenvalue weighted by molar-refractivity contribution is -0.119. The van der Waals surface area contributed by atoms with E-state index in [1.807, 2.05) is 0 Å². The van der Waals surface area contributed by atoms with Crippen LogP contribution in [-0.2, 0) is 14.6 Å². The molecule has 1 aliphatic rings. The standard InChI is InChI=1S/C14H19NO5S/c1-19-11-5-6-12(13(8-11)20-2)15-14(16)10-4-3-7-21(17,18)9-10/h5-6,8,10H,3-4,7,9H2,1-2H3,(H,15,16). The SMILES string of the molecule is COc1ccc(NC(=O)C2CCCS(=O)(=O)C2)c(OC)c1. The molecule has 1 atom stereocenters. The van der Waals surface area contributed by atoms with Crippen LogP contribution in [0.5, 0.6) is 11.5 Å². The quantitative estimate of drug-likeness (QED) is 0.910. The Bertz CT molecular complexity index is 626. The third-order valence-electron chi connectivity index (χ3n) is 3.50. The highest BCUT2D eigenvalue weighted by molar-refractivity contribution is 7.91. The van der Waals surface area contributed by atoms with E-state index in [0.29, 0.717) is 30.0 Å². The van der Waals surface area contributed by atoms with E-state index in [-0.39, 0.29) is 17.4 Å². The summed E-state index contributed by atoms with van der Waals surface area (Å²) in [4.78, 5) is 12.2. The van der Waals surface area contributed by atoms with E-state index in [1.165, 1.54) is 7.11 Å². The van der Waals surface area contributed by atoms with Crippen molar-refractivity contribution in [2.24, 2.45) is 5.92 Å². The Morgan fingerprint density at radius 1 is 1.29 bits per heavy atom. The molecule has 1 aromatic carbocycles. The molecule has 1 aliphatic heterocycles. The molecule has 0 saturated carbocycles. The number of carbonyl (C=O) groups excluding carboxylic acids is 1. The lowest BCUT2D eigenvalue weighted by Gasteiger charge is -2.21. The zero-order valence-corrected chi connectivity index (χ0v) is 12.9. The predicted molar refractivity (Wildman–Crippen MR) is 79.6 cm³/mol. The highest BCUT2D eigenvalue weighted by Crippen LogP contribution is 2.30. The van der Waals surface area contributed by atoms with Crippen molar-refractivity contribution >= 4 is 21.4 Å². The van der Waals surface area contributed by atoms with Gasteiger partial charge in [-0.25, -0.2) is 8.42 Å². The molecular weight excluding hydrogens is 294 g/mol. The number of benzene rings is 1. The van der Waals surface area contributed by atoms with Gasteiger partial charge in [0.05, 0.1) is 37.3 Å². The number of rotatable bonds is 4. The average Bonchev–Trinajstić information content (AvgIpc) is 2.46. The van der Waals surface area contributed by atoms with Crippen LogP contribution in [0.25, 0.3) is 0 Å². The van der Waals surface area contributed by atoms with Gasteiger partial charge in [-0.3, -0.25) is 4.79 Å². The van der Waals surface area contributed by atoms with Crippen LogP contribution in [0.4, 0.5) is 5.69 Å². The third kappa shape index (κ3) is 3.87. The average molecular weight is 313 g/mol. The van der Waals surface area contributed by atoms with Crippen molar-refractivity contribution in [1.29, 1.82) is 0 Å². The van der Waals surface area contributed by atoms with Gasteiger partial charge in [0.15, 0.2) is 9.84 Å². The van der Waals surface area contributed by atoms with Crippen LogP contribution in [0.1, 0.15) is 12.8 Å². The van der Waals surface area contributed by atoms with Gasteiger partial charge in [0.2, 0.25) is 5.91 Å². The molecule has 1 fully saturated rings. The van der Waals surface area contributed by atoms with Crippen LogP contribution in [-0.4, -0.2) is 40.1 Å². The van der Waals surface area contributed by atoms with E-state index in [2.05, 4.69) is 5.32 Å². The molecule has 1 N–H and O–H groups in total. The van der Waals surface area contributed by atoms with Crippen LogP contribution in [0, 0.1) is 5.92 Å². The van der Waals surface area contributed by atoms with Crippen molar-refractivity contribution in [3.8, 4) is 11.5 Å². The molecule has 7 heteroatoms. The predicted octanol–water partition coefficient (Wildman–Crippen LogP) is 1.47. The first-order chi connectivity index (χ1) is 9.95. The van der Waals surface area contributed by atoms with Crippen LogP contribution in [0.3, 0.4) is 0 Å². The first-order valence-electron chi connectivity index (χ1n) is 6.68. The summed E-state index contributed by atoms with van der Waals surface area (Å²) in [5.41, 5.74) is 0.506. The minimum absolute atomic E-state index is 0.0860. The topological polar surface area (TPSA) is 81.7 Å². The van der Waals surface area contributed by atoms with Gasteiger partial charge >= 0.3 is 0 Å². The number of hydrogen-bond acceptors (Lipinski definition) is 5. The molecule has 0 spiro atoms. The first kappa shape index (κ1) is 15.6. The van der Waals surface area contributed by atoms with E-state index in [4.69, 9.17) is 9.47 Å². The van der Waals surface area contributed by atoms with Gasteiger partial charge in [0.1, 0.15) is 11.5 Å². The maximum absolute atomic E-state index is 12.2. The number of methoxy groups -OCH3 is 2. The molecule has 0 bridgehead atoms. The van der Waals surface area contributed by atoms with Crippen LogP contribution in [0.2, 0.25) is 0 Å². The van der Waals surface area contributed by atoms with Crippen molar-refractivity contribution in [3.63, 3.8) is 0 Å². The number of carbonyl (C=O) groups is 1. The second-order valence-electron chi connectivity index (χ2n) is 5.01. The van der Waals surface area contributed by atoms with Gasteiger partial charge in [-0.05, 0) is 25.0 Å². The zero-order chi connectivity index (χ0) is 15.5. The fourth-order valence-electron chi connectivity index (χ4n) is 2.37. The monoisotopic (exact) mass is 313 g/mol. The molecule has 0 radical (unpaired) electrons. The van der Waals surface area contributed by atoms with Gasteiger partial charge in [-0.2, -0.15) is 0 Å². The maximum Gasteiger partial charge on any atom is 0.228 e. The van der Waals surface area contributed by atoms with Crippen LogP contribution >= 0.6 is 0 Å².